The van der Waals surface area contributed by atoms with E-state index in [0.29, 0.717) is 28.6 Å². The maximum atomic E-state index is 12.9. The summed E-state index contributed by atoms with van der Waals surface area (Å²) in [5, 5.41) is 2.79. The number of sulfonamides is 1. The first-order chi connectivity index (χ1) is 13.7. The number of fused-ring (bicyclic) bond motifs is 1. The number of carbonyl (C=O) groups excluding carboxylic acids is 1. The van der Waals surface area contributed by atoms with Gasteiger partial charge in [0.05, 0.1) is 31.9 Å². The Balaban J connectivity index is 1.87. The molecule has 0 bridgehead atoms. The predicted octanol–water partition coefficient (Wildman–Crippen LogP) is 2.57. The van der Waals surface area contributed by atoms with Gasteiger partial charge in [0, 0.05) is 19.0 Å². The monoisotopic (exact) mass is 420 g/mol. The topological polar surface area (TPSA) is 94.2 Å². The van der Waals surface area contributed by atoms with Crippen molar-refractivity contribution < 1.29 is 27.4 Å². The van der Waals surface area contributed by atoms with Gasteiger partial charge in [0.2, 0.25) is 10.0 Å². The van der Waals surface area contributed by atoms with Gasteiger partial charge in [-0.05, 0) is 36.8 Å². The Kier molecular flexibility index (Phi) is 5.88. The van der Waals surface area contributed by atoms with E-state index >= 15 is 0 Å². The molecule has 0 unspecified atom stereocenters. The molecule has 2 aromatic carbocycles. The maximum absolute atomic E-state index is 12.9. The Labute approximate surface area is 170 Å². The second-order valence-electron chi connectivity index (χ2n) is 6.76. The molecule has 0 radical (unpaired) electrons. The molecule has 156 valence electrons. The maximum Gasteiger partial charge on any atom is 0.265 e. The average molecular weight is 420 g/mol. The van der Waals surface area contributed by atoms with Crippen LogP contribution in [0.3, 0.4) is 0 Å². The molecule has 2 aromatic rings. The number of amides is 1. The summed E-state index contributed by atoms with van der Waals surface area (Å²) in [7, 11) is -0.482. The summed E-state index contributed by atoms with van der Waals surface area (Å²) in [5.74, 6) is 0.995. The van der Waals surface area contributed by atoms with Crippen molar-refractivity contribution in [2.45, 2.75) is 19.4 Å². The Morgan fingerprint density at radius 3 is 2.59 bits per heavy atom. The third-order valence-corrected chi connectivity index (χ3v) is 5.79. The zero-order chi connectivity index (χ0) is 21.2. The molecule has 1 aliphatic rings. The van der Waals surface area contributed by atoms with Gasteiger partial charge in [0.15, 0.2) is 6.10 Å². The summed E-state index contributed by atoms with van der Waals surface area (Å²) in [6.45, 7) is 2.00. The smallest absolute Gasteiger partial charge is 0.265 e. The fourth-order valence-corrected chi connectivity index (χ4v) is 4.07. The van der Waals surface area contributed by atoms with Crippen LogP contribution in [-0.4, -0.2) is 47.4 Å². The van der Waals surface area contributed by atoms with Gasteiger partial charge in [-0.2, -0.15) is 0 Å². The van der Waals surface area contributed by atoms with Crippen LogP contribution in [0.15, 0.2) is 36.4 Å². The van der Waals surface area contributed by atoms with Gasteiger partial charge in [0.1, 0.15) is 17.2 Å². The SMILES string of the molecule is COc1ccc(NC(=O)[C@@H]2CCN(S(C)(=O)=O)c3cc(C)ccc3O2)c(OC)c1. The molecule has 0 aliphatic carbocycles. The van der Waals surface area contributed by atoms with Gasteiger partial charge in [0.25, 0.3) is 5.91 Å². The van der Waals surface area contributed by atoms with Crippen molar-refractivity contribution in [3.05, 3.63) is 42.0 Å². The van der Waals surface area contributed by atoms with E-state index in [1.54, 1.807) is 37.4 Å². The van der Waals surface area contributed by atoms with Crippen LogP contribution in [0.5, 0.6) is 17.2 Å². The molecule has 0 aromatic heterocycles. The standard InChI is InChI=1S/C20H24N2O6S/c1-13-5-8-17-16(11-13)22(29(4,24)25)10-9-18(28-17)20(23)21-15-7-6-14(26-2)12-19(15)27-3/h5-8,11-12,18H,9-10H2,1-4H3,(H,21,23)/t18-/m0/s1. The summed E-state index contributed by atoms with van der Waals surface area (Å²) < 4.78 is 42.2. The van der Waals surface area contributed by atoms with E-state index in [-0.39, 0.29) is 13.0 Å². The molecule has 9 heteroatoms. The molecule has 1 heterocycles. The molecule has 0 spiro atoms. The number of hydrogen-bond donors (Lipinski definition) is 1. The zero-order valence-corrected chi connectivity index (χ0v) is 17.6. The highest BCUT2D eigenvalue weighted by Gasteiger charge is 2.31. The van der Waals surface area contributed by atoms with Crippen LogP contribution in [0, 0.1) is 6.92 Å². The predicted molar refractivity (Wildman–Crippen MR) is 111 cm³/mol. The van der Waals surface area contributed by atoms with E-state index < -0.39 is 22.0 Å². The highest BCUT2D eigenvalue weighted by molar-refractivity contribution is 7.92. The molecule has 8 nitrogen and oxygen atoms in total. The lowest BCUT2D eigenvalue weighted by Gasteiger charge is -2.21. The highest BCUT2D eigenvalue weighted by Crippen LogP contribution is 2.35. The van der Waals surface area contributed by atoms with Crippen LogP contribution in [0.4, 0.5) is 11.4 Å². The van der Waals surface area contributed by atoms with Gasteiger partial charge in [-0.25, -0.2) is 8.42 Å². The van der Waals surface area contributed by atoms with Crippen molar-refractivity contribution in [3.8, 4) is 17.2 Å². The van der Waals surface area contributed by atoms with Crippen LogP contribution < -0.4 is 23.8 Å². The van der Waals surface area contributed by atoms with E-state index in [1.165, 1.54) is 11.4 Å². The molecular weight excluding hydrogens is 396 g/mol. The van der Waals surface area contributed by atoms with Gasteiger partial charge >= 0.3 is 0 Å². The lowest BCUT2D eigenvalue weighted by molar-refractivity contribution is -0.122. The summed E-state index contributed by atoms with van der Waals surface area (Å²) >= 11 is 0. The number of carbonyl (C=O) groups is 1. The molecule has 29 heavy (non-hydrogen) atoms. The Hall–Kier alpha value is -2.94. The van der Waals surface area contributed by atoms with E-state index in [4.69, 9.17) is 14.2 Å². The Bertz CT molecular complexity index is 1020. The Morgan fingerprint density at radius 2 is 1.93 bits per heavy atom. The summed E-state index contributed by atoms with van der Waals surface area (Å²) in [6, 6.07) is 10.3. The van der Waals surface area contributed by atoms with Crippen LogP contribution in [0.1, 0.15) is 12.0 Å². The first-order valence-electron chi connectivity index (χ1n) is 9.01. The molecule has 0 fully saturated rings. The second kappa shape index (κ2) is 8.20. The zero-order valence-electron chi connectivity index (χ0n) is 16.8. The van der Waals surface area contributed by atoms with Crippen molar-refractivity contribution >= 4 is 27.3 Å². The molecule has 1 atom stereocenters. The van der Waals surface area contributed by atoms with Gasteiger partial charge in [-0.15, -0.1) is 0 Å². The lowest BCUT2D eigenvalue weighted by Crippen LogP contribution is -2.36. The number of nitrogens with one attached hydrogen (secondary N) is 1. The average Bonchev–Trinajstić information content (AvgIpc) is 2.87. The number of anilines is 2. The normalized spacial score (nSPS) is 16.3. The highest BCUT2D eigenvalue weighted by atomic mass is 32.2. The number of hydrogen-bond acceptors (Lipinski definition) is 6. The molecule has 1 aliphatic heterocycles. The van der Waals surface area contributed by atoms with E-state index in [9.17, 15) is 13.2 Å². The largest absolute Gasteiger partial charge is 0.497 e. The van der Waals surface area contributed by atoms with Crippen LogP contribution in [0.2, 0.25) is 0 Å². The number of rotatable bonds is 5. The van der Waals surface area contributed by atoms with E-state index in [0.717, 1.165) is 11.8 Å². The van der Waals surface area contributed by atoms with E-state index in [1.807, 2.05) is 13.0 Å². The second-order valence-corrected chi connectivity index (χ2v) is 8.66. The number of nitrogens with zero attached hydrogens (tertiary/aromatic N) is 1. The van der Waals surface area contributed by atoms with Gasteiger partial charge < -0.3 is 19.5 Å². The summed E-state index contributed by atoms with van der Waals surface area (Å²) in [5.41, 5.74) is 1.80. The van der Waals surface area contributed by atoms with Crippen molar-refractivity contribution in [2.75, 3.05) is 36.6 Å². The van der Waals surface area contributed by atoms with Gasteiger partial charge in [-0.3, -0.25) is 9.10 Å². The molecule has 0 saturated carbocycles. The van der Waals surface area contributed by atoms with Crippen molar-refractivity contribution in [1.29, 1.82) is 0 Å². The van der Waals surface area contributed by atoms with Crippen LogP contribution >= 0.6 is 0 Å². The number of ether oxygens (including phenoxy) is 3. The van der Waals surface area contributed by atoms with Crippen molar-refractivity contribution in [3.63, 3.8) is 0 Å². The van der Waals surface area contributed by atoms with Crippen molar-refractivity contribution in [2.24, 2.45) is 0 Å². The minimum atomic E-state index is -3.52. The first-order valence-corrected chi connectivity index (χ1v) is 10.9. The summed E-state index contributed by atoms with van der Waals surface area (Å²) in [4.78, 5) is 12.9. The fraction of sp³-hybridized carbons (Fsp3) is 0.350. The van der Waals surface area contributed by atoms with Gasteiger partial charge in [-0.1, -0.05) is 6.07 Å². The van der Waals surface area contributed by atoms with Crippen molar-refractivity contribution in [1.82, 2.24) is 0 Å². The lowest BCUT2D eigenvalue weighted by atomic mass is 10.2. The van der Waals surface area contributed by atoms with Crippen LogP contribution in [0.25, 0.3) is 0 Å². The Morgan fingerprint density at radius 1 is 1.17 bits per heavy atom. The molecule has 1 N–H and O–H groups in total. The minimum absolute atomic E-state index is 0.132. The third-order valence-electron chi connectivity index (χ3n) is 4.61. The molecule has 1 amide bonds. The molecule has 0 saturated heterocycles. The number of aryl methyl sites for hydroxylation is 1. The molecule has 3 rings (SSSR count). The number of benzene rings is 2. The third kappa shape index (κ3) is 4.56. The van der Waals surface area contributed by atoms with Crippen LogP contribution in [-0.2, 0) is 14.8 Å². The quantitative estimate of drug-likeness (QED) is 0.799. The van der Waals surface area contributed by atoms with E-state index in [2.05, 4.69) is 5.32 Å². The summed E-state index contributed by atoms with van der Waals surface area (Å²) in [6.07, 6.45) is 0.474. The number of methoxy groups -OCH3 is 2. The molecular formula is C20H24N2O6S. The fourth-order valence-electron chi connectivity index (χ4n) is 3.13. The first kappa shape index (κ1) is 20.8. The minimum Gasteiger partial charge on any atom is -0.497 e.